The number of fused-ring (bicyclic) bond motifs is 1. The summed E-state index contributed by atoms with van der Waals surface area (Å²) in [4.78, 5) is 10.4. The third-order valence-electron chi connectivity index (χ3n) is 5.20. The van der Waals surface area contributed by atoms with E-state index < -0.39 is 0 Å². The van der Waals surface area contributed by atoms with E-state index in [2.05, 4.69) is 26.1 Å². The van der Waals surface area contributed by atoms with Gasteiger partial charge in [-0.15, -0.1) is 0 Å². The fourth-order valence-electron chi connectivity index (χ4n) is 3.89. The summed E-state index contributed by atoms with van der Waals surface area (Å²) in [6, 6.07) is 6.67. The van der Waals surface area contributed by atoms with Crippen LogP contribution in [-0.2, 0) is 4.74 Å². The Balaban J connectivity index is 1.81. The minimum absolute atomic E-state index is 0.00942. The molecule has 5 heteroatoms. The maximum Gasteiger partial charge on any atom is 0.269 e. The summed E-state index contributed by atoms with van der Waals surface area (Å²) < 4.78 is 6.30. The van der Waals surface area contributed by atoms with Crippen molar-refractivity contribution in [2.24, 2.45) is 11.8 Å². The molecule has 0 unspecified atom stereocenters. The SMILES string of the molecule is C[C@@H]1CC[C@@H]2[C@@H](C1)O[C@@H](c1ccc([N+](=O)[O-])cc1)NC2(C)C. The van der Waals surface area contributed by atoms with E-state index in [1.54, 1.807) is 24.3 Å². The zero-order valence-corrected chi connectivity index (χ0v) is 13.4. The number of hydrogen-bond donors (Lipinski definition) is 1. The van der Waals surface area contributed by atoms with Gasteiger partial charge in [-0.05, 0) is 50.3 Å². The van der Waals surface area contributed by atoms with Gasteiger partial charge in [-0.25, -0.2) is 0 Å². The molecule has 0 amide bonds. The first-order valence-corrected chi connectivity index (χ1v) is 8.04. The van der Waals surface area contributed by atoms with Crippen LogP contribution >= 0.6 is 0 Å². The summed E-state index contributed by atoms with van der Waals surface area (Å²) >= 11 is 0. The summed E-state index contributed by atoms with van der Waals surface area (Å²) in [6.45, 7) is 6.76. The quantitative estimate of drug-likeness (QED) is 0.667. The van der Waals surface area contributed by atoms with Gasteiger partial charge < -0.3 is 4.74 Å². The van der Waals surface area contributed by atoms with Crippen molar-refractivity contribution < 1.29 is 9.66 Å². The number of hydrogen-bond acceptors (Lipinski definition) is 4. The highest BCUT2D eigenvalue weighted by Crippen LogP contribution is 2.43. The van der Waals surface area contributed by atoms with Crippen molar-refractivity contribution in [3.8, 4) is 0 Å². The van der Waals surface area contributed by atoms with E-state index >= 15 is 0 Å². The van der Waals surface area contributed by atoms with Crippen molar-refractivity contribution in [1.82, 2.24) is 5.32 Å². The summed E-state index contributed by atoms with van der Waals surface area (Å²) in [6.07, 6.45) is 3.62. The second-order valence-electron chi connectivity index (χ2n) is 7.29. The molecule has 1 saturated heterocycles. The number of nitrogens with zero attached hydrogens (tertiary/aromatic N) is 1. The van der Waals surface area contributed by atoms with E-state index in [9.17, 15) is 10.1 Å². The molecule has 1 aliphatic heterocycles. The lowest BCUT2D eigenvalue weighted by Crippen LogP contribution is -2.59. The number of benzene rings is 1. The van der Waals surface area contributed by atoms with E-state index in [4.69, 9.17) is 4.74 Å². The van der Waals surface area contributed by atoms with Gasteiger partial charge in [0.1, 0.15) is 6.23 Å². The summed E-state index contributed by atoms with van der Waals surface area (Å²) in [5, 5.41) is 14.4. The molecule has 2 aliphatic rings. The standard InChI is InChI=1S/C17H24N2O3/c1-11-4-9-14-15(10-11)22-16(18-17(14,2)3)12-5-7-13(8-6-12)19(20)21/h5-8,11,14-16,18H,4,9-10H2,1-3H3/t11-,14-,15-,16+/m1/s1. The van der Waals surface area contributed by atoms with E-state index in [1.165, 1.54) is 12.8 Å². The first kappa shape index (κ1) is 15.4. The molecule has 2 fully saturated rings. The molecule has 1 aliphatic carbocycles. The lowest BCUT2D eigenvalue weighted by molar-refractivity contribution is -0.384. The van der Waals surface area contributed by atoms with Crippen molar-refractivity contribution in [3.05, 3.63) is 39.9 Å². The minimum Gasteiger partial charge on any atom is -0.355 e. The largest absolute Gasteiger partial charge is 0.355 e. The zero-order valence-electron chi connectivity index (χ0n) is 13.4. The van der Waals surface area contributed by atoms with Gasteiger partial charge in [-0.3, -0.25) is 15.4 Å². The molecule has 1 N–H and O–H groups in total. The van der Waals surface area contributed by atoms with Gasteiger partial charge >= 0.3 is 0 Å². The van der Waals surface area contributed by atoms with Crippen LogP contribution in [0.1, 0.15) is 51.8 Å². The summed E-state index contributed by atoms with van der Waals surface area (Å²) in [5.74, 6) is 1.23. The molecule has 0 radical (unpaired) electrons. The van der Waals surface area contributed by atoms with Crippen LogP contribution in [0.4, 0.5) is 5.69 Å². The Bertz CT molecular complexity index is 556. The van der Waals surface area contributed by atoms with E-state index in [0.717, 1.165) is 12.0 Å². The van der Waals surface area contributed by atoms with Crippen molar-refractivity contribution in [2.45, 2.75) is 57.9 Å². The predicted molar refractivity (Wildman–Crippen MR) is 84.4 cm³/mol. The molecule has 1 saturated carbocycles. The molecule has 0 bridgehead atoms. The number of non-ortho nitro benzene ring substituents is 1. The smallest absolute Gasteiger partial charge is 0.269 e. The average molecular weight is 304 g/mol. The van der Waals surface area contributed by atoms with Crippen LogP contribution in [0.5, 0.6) is 0 Å². The fraction of sp³-hybridized carbons (Fsp3) is 0.647. The molecular formula is C17H24N2O3. The number of nitro benzene ring substituents is 1. The second kappa shape index (κ2) is 5.63. The maximum atomic E-state index is 10.8. The van der Waals surface area contributed by atoms with Crippen molar-refractivity contribution in [1.29, 1.82) is 0 Å². The van der Waals surface area contributed by atoms with Crippen LogP contribution in [0.2, 0.25) is 0 Å². The minimum atomic E-state index is -0.373. The van der Waals surface area contributed by atoms with E-state index in [0.29, 0.717) is 11.8 Å². The lowest BCUT2D eigenvalue weighted by atomic mass is 9.70. The Kier molecular flexibility index (Phi) is 3.95. The topological polar surface area (TPSA) is 64.4 Å². The van der Waals surface area contributed by atoms with Gasteiger partial charge in [-0.1, -0.05) is 13.3 Å². The Morgan fingerprint density at radius 2 is 1.95 bits per heavy atom. The van der Waals surface area contributed by atoms with Gasteiger partial charge in [0.15, 0.2) is 0 Å². The molecule has 4 atom stereocenters. The van der Waals surface area contributed by atoms with Crippen LogP contribution in [0, 0.1) is 22.0 Å². The molecule has 0 aromatic heterocycles. The predicted octanol–water partition coefficient (Wildman–Crippen LogP) is 3.80. The van der Waals surface area contributed by atoms with Crippen LogP contribution in [0.15, 0.2) is 24.3 Å². The fourth-order valence-corrected chi connectivity index (χ4v) is 3.89. The molecule has 22 heavy (non-hydrogen) atoms. The molecule has 120 valence electrons. The molecule has 3 rings (SSSR count). The molecule has 1 aromatic carbocycles. The normalized spacial score (nSPS) is 34.0. The molecule has 1 aromatic rings. The lowest BCUT2D eigenvalue weighted by Gasteiger charge is -2.51. The molecule has 0 spiro atoms. The highest BCUT2D eigenvalue weighted by atomic mass is 16.6. The van der Waals surface area contributed by atoms with Gasteiger partial charge in [0.25, 0.3) is 5.69 Å². The van der Waals surface area contributed by atoms with Gasteiger partial charge in [0.2, 0.25) is 0 Å². The van der Waals surface area contributed by atoms with Crippen LogP contribution in [-0.4, -0.2) is 16.6 Å². The van der Waals surface area contributed by atoms with Crippen LogP contribution in [0.25, 0.3) is 0 Å². The van der Waals surface area contributed by atoms with Gasteiger partial charge in [0.05, 0.1) is 11.0 Å². The van der Waals surface area contributed by atoms with Crippen molar-refractivity contribution in [2.75, 3.05) is 0 Å². The Hall–Kier alpha value is -1.46. The van der Waals surface area contributed by atoms with Crippen LogP contribution < -0.4 is 5.32 Å². The Morgan fingerprint density at radius 1 is 1.27 bits per heavy atom. The molecular weight excluding hydrogens is 280 g/mol. The van der Waals surface area contributed by atoms with Crippen molar-refractivity contribution >= 4 is 5.69 Å². The van der Waals surface area contributed by atoms with Gasteiger partial charge in [0, 0.05) is 23.6 Å². The monoisotopic (exact) mass is 304 g/mol. The first-order chi connectivity index (χ1) is 10.4. The molecule has 5 nitrogen and oxygen atoms in total. The Morgan fingerprint density at radius 3 is 2.59 bits per heavy atom. The van der Waals surface area contributed by atoms with E-state index in [1.807, 2.05) is 0 Å². The van der Waals surface area contributed by atoms with Gasteiger partial charge in [-0.2, -0.15) is 0 Å². The summed E-state index contributed by atoms with van der Waals surface area (Å²) in [5.41, 5.74) is 1.08. The average Bonchev–Trinajstić information content (AvgIpc) is 2.46. The highest BCUT2D eigenvalue weighted by Gasteiger charge is 2.45. The van der Waals surface area contributed by atoms with Crippen LogP contribution in [0.3, 0.4) is 0 Å². The second-order valence-corrected chi connectivity index (χ2v) is 7.29. The number of rotatable bonds is 2. The molecule has 1 heterocycles. The number of nitrogens with one attached hydrogen (secondary N) is 1. The number of nitro groups is 1. The first-order valence-electron chi connectivity index (χ1n) is 8.04. The zero-order chi connectivity index (χ0) is 15.9. The third-order valence-corrected chi connectivity index (χ3v) is 5.20. The maximum absolute atomic E-state index is 10.8. The van der Waals surface area contributed by atoms with Crippen molar-refractivity contribution in [3.63, 3.8) is 0 Å². The van der Waals surface area contributed by atoms with E-state index in [-0.39, 0.29) is 28.5 Å². The summed E-state index contributed by atoms with van der Waals surface area (Å²) in [7, 11) is 0. The number of ether oxygens (including phenoxy) is 1. The third kappa shape index (κ3) is 2.88. The highest BCUT2D eigenvalue weighted by molar-refractivity contribution is 5.34. The Labute approximate surface area is 131 Å².